The van der Waals surface area contributed by atoms with Crippen molar-refractivity contribution < 1.29 is 4.79 Å². The van der Waals surface area contributed by atoms with E-state index >= 15 is 0 Å². The van der Waals surface area contributed by atoms with Crippen LogP contribution < -0.4 is 0 Å². The van der Waals surface area contributed by atoms with E-state index < -0.39 is 0 Å². The van der Waals surface area contributed by atoms with Crippen LogP contribution in [0.15, 0.2) is 30.5 Å². The highest BCUT2D eigenvalue weighted by molar-refractivity contribution is 6.07. The van der Waals surface area contributed by atoms with Gasteiger partial charge in [0.25, 0.3) is 0 Å². The molecule has 1 heterocycles. The standard InChI is InChI=1S/C11H11N3O/c1-8-3-5-9(6-4-8)11(15)10-7-14(2)13-12-10/h3-7H,1-2H3. The molecular formula is C11H11N3O. The van der Waals surface area contributed by atoms with Gasteiger partial charge >= 0.3 is 0 Å². The van der Waals surface area contributed by atoms with Crippen LogP contribution in [0.4, 0.5) is 0 Å². The minimum Gasteiger partial charge on any atom is -0.287 e. The minimum absolute atomic E-state index is 0.0944. The maximum absolute atomic E-state index is 11.9. The zero-order valence-corrected chi connectivity index (χ0v) is 8.64. The Labute approximate surface area is 87.5 Å². The van der Waals surface area contributed by atoms with Crippen LogP contribution in [0, 0.1) is 6.92 Å². The summed E-state index contributed by atoms with van der Waals surface area (Å²) >= 11 is 0. The van der Waals surface area contributed by atoms with E-state index in [0.717, 1.165) is 5.56 Å². The van der Waals surface area contributed by atoms with E-state index in [1.165, 1.54) is 4.68 Å². The Morgan fingerprint density at radius 2 is 1.93 bits per heavy atom. The molecule has 0 aliphatic carbocycles. The zero-order chi connectivity index (χ0) is 10.8. The predicted octanol–water partition coefficient (Wildman–Crippen LogP) is 1.35. The largest absolute Gasteiger partial charge is 0.287 e. The number of hydrogen-bond donors (Lipinski definition) is 0. The number of carbonyl (C=O) groups excluding carboxylic acids is 1. The molecule has 0 aliphatic heterocycles. The summed E-state index contributed by atoms with van der Waals surface area (Å²) < 4.78 is 1.52. The summed E-state index contributed by atoms with van der Waals surface area (Å²) in [7, 11) is 1.74. The van der Waals surface area contributed by atoms with Crippen LogP contribution in [0.3, 0.4) is 0 Å². The van der Waals surface area contributed by atoms with E-state index in [1.54, 1.807) is 25.4 Å². The van der Waals surface area contributed by atoms with Crippen LogP contribution in [0.25, 0.3) is 0 Å². The quantitative estimate of drug-likeness (QED) is 0.689. The Kier molecular flexibility index (Phi) is 2.33. The summed E-state index contributed by atoms with van der Waals surface area (Å²) in [5.74, 6) is -0.0944. The van der Waals surface area contributed by atoms with Crippen molar-refractivity contribution in [3.63, 3.8) is 0 Å². The highest BCUT2D eigenvalue weighted by Crippen LogP contribution is 2.08. The van der Waals surface area contributed by atoms with Crippen molar-refractivity contribution in [3.05, 3.63) is 47.3 Å². The van der Waals surface area contributed by atoms with Gasteiger partial charge in [-0.25, -0.2) is 0 Å². The molecule has 1 aromatic heterocycles. The van der Waals surface area contributed by atoms with Crippen LogP contribution in [0.1, 0.15) is 21.6 Å². The van der Waals surface area contributed by atoms with Gasteiger partial charge in [-0.05, 0) is 6.92 Å². The molecule has 15 heavy (non-hydrogen) atoms. The molecular weight excluding hydrogens is 190 g/mol. The Morgan fingerprint density at radius 3 is 2.47 bits per heavy atom. The molecule has 0 N–H and O–H groups in total. The first kappa shape index (κ1) is 9.58. The van der Waals surface area contributed by atoms with Gasteiger partial charge < -0.3 is 0 Å². The number of rotatable bonds is 2. The van der Waals surface area contributed by atoms with Gasteiger partial charge in [0.1, 0.15) is 0 Å². The lowest BCUT2D eigenvalue weighted by Crippen LogP contribution is -2.01. The van der Waals surface area contributed by atoms with Crippen LogP contribution in [0.2, 0.25) is 0 Å². The minimum atomic E-state index is -0.0944. The summed E-state index contributed by atoms with van der Waals surface area (Å²) in [6.45, 7) is 1.98. The molecule has 1 aromatic carbocycles. The SMILES string of the molecule is Cc1ccc(C(=O)c2cn(C)nn2)cc1. The van der Waals surface area contributed by atoms with E-state index in [-0.39, 0.29) is 5.78 Å². The predicted molar refractivity (Wildman–Crippen MR) is 55.6 cm³/mol. The lowest BCUT2D eigenvalue weighted by molar-refractivity contribution is 0.103. The van der Waals surface area contributed by atoms with E-state index in [4.69, 9.17) is 0 Å². The van der Waals surface area contributed by atoms with Crippen LogP contribution in [-0.4, -0.2) is 20.8 Å². The molecule has 0 amide bonds. The van der Waals surface area contributed by atoms with Gasteiger partial charge in [0.2, 0.25) is 5.78 Å². The monoisotopic (exact) mass is 201 g/mol. The fourth-order valence-corrected chi connectivity index (χ4v) is 1.30. The Balaban J connectivity index is 2.32. The summed E-state index contributed by atoms with van der Waals surface area (Å²) in [6.07, 6.45) is 1.61. The number of hydrogen-bond acceptors (Lipinski definition) is 3. The van der Waals surface area contributed by atoms with Crippen molar-refractivity contribution in [2.45, 2.75) is 6.92 Å². The van der Waals surface area contributed by atoms with Crippen LogP contribution in [-0.2, 0) is 7.05 Å². The normalized spacial score (nSPS) is 10.3. The zero-order valence-electron chi connectivity index (χ0n) is 8.64. The summed E-state index contributed by atoms with van der Waals surface area (Å²) in [6, 6.07) is 7.41. The fraction of sp³-hybridized carbons (Fsp3) is 0.182. The average molecular weight is 201 g/mol. The Hall–Kier alpha value is -1.97. The molecule has 0 saturated carbocycles. The molecule has 0 aliphatic rings. The summed E-state index contributed by atoms with van der Waals surface area (Å²) in [5.41, 5.74) is 2.15. The maximum Gasteiger partial charge on any atom is 0.214 e. The van der Waals surface area contributed by atoms with E-state index in [2.05, 4.69) is 10.3 Å². The fourth-order valence-electron chi connectivity index (χ4n) is 1.30. The molecule has 0 atom stereocenters. The smallest absolute Gasteiger partial charge is 0.214 e. The van der Waals surface area contributed by atoms with Gasteiger partial charge in [-0.3, -0.25) is 9.48 Å². The van der Waals surface area contributed by atoms with Gasteiger partial charge in [-0.15, -0.1) is 5.10 Å². The van der Waals surface area contributed by atoms with Crippen molar-refractivity contribution in [2.75, 3.05) is 0 Å². The number of carbonyl (C=O) groups is 1. The second-order valence-electron chi connectivity index (χ2n) is 3.47. The molecule has 0 spiro atoms. The van der Waals surface area contributed by atoms with Crippen molar-refractivity contribution in [1.29, 1.82) is 0 Å². The van der Waals surface area contributed by atoms with Crippen molar-refractivity contribution in [3.8, 4) is 0 Å². The molecule has 0 unspecified atom stereocenters. The van der Waals surface area contributed by atoms with Crippen molar-refractivity contribution >= 4 is 5.78 Å². The third kappa shape index (κ3) is 1.93. The topological polar surface area (TPSA) is 47.8 Å². The number of benzene rings is 1. The van der Waals surface area contributed by atoms with Gasteiger partial charge in [-0.2, -0.15) is 0 Å². The van der Waals surface area contributed by atoms with Crippen LogP contribution >= 0.6 is 0 Å². The average Bonchev–Trinajstić information content (AvgIpc) is 2.65. The van der Waals surface area contributed by atoms with Gasteiger partial charge in [0, 0.05) is 12.6 Å². The summed E-state index contributed by atoms with van der Waals surface area (Å²) in [4.78, 5) is 11.9. The highest BCUT2D eigenvalue weighted by Gasteiger charge is 2.11. The molecule has 2 aromatic rings. The maximum atomic E-state index is 11.9. The first-order valence-corrected chi connectivity index (χ1v) is 4.64. The second-order valence-corrected chi connectivity index (χ2v) is 3.47. The molecule has 4 heteroatoms. The Morgan fingerprint density at radius 1 is 1.27 bits per heavy atom. The molecule has 4 nitrogen and oxygen atoms in total. The lowest BCUT2D eigenvalue weighted by atomic mass is 10.1. The summed E-state index contributed by atoms with van der Waals surface area (Å²) in [5, 5.41) is 7.50. The number of aromatic nitrogens is 3. The first-order valence-electron chi connectivity index (χ1n) is 4.64. The van der Waals surface area contributed by atoms with E-state index in [0.29, 0.717) is 11.3 Å². The number of ketones is 1. The molecule has 76 valence electrons. The third-order valence-corrected chi connectivity index (χ3v) is 2.15. The van der Waals surface area contributed by atoms with Gasteiger partial charge in [-0.1, -0.05) is 35.0 Å². The number of nitrogens with zero attached hydrogens (tertiary/aromatic N) is 3. The van der Waals surface area contributed by atoms with Crippen LogP contribution in [0.5, 0.6) is 0 Å². The number of aryl methyl sites for hydroxylation is 2. The van der Waals surface area contributed by atoms with Gasteiger partial charge in [0.05, 0.1) is 6.20 Å². The highest BCUT2D eigenvalue weighted by atomic mass is 16.1. The second kappa shape index (κ2) is 3.65. The lowest BCUT2D eigenvalue weighted by Gasteiger charge is -1.97. The van der Waals surface area contributed by atoms with Crippen molar-refractivity contribution in [1.82, 2.24) is 15.0 Å². The molecule has 0 saturated heterocycles. The third-order valence-electron chi connectivity index (χ3n) is 2.15. The molecule has 2 rings (SSSR count). The van der Waals surface area contributed by atoms with Gasteiger partial charge in [0.15, 0.2) is 5.69 Å². The molecule has 0 radical (unpaired) electrons. The molecule has 0 fully saturated rings. The Bertz CT molecular complexity index is 485. The van der Waals surface area contributed by atoms with E-state index in [9.17, 15) is 4.79 Å². The van der Waals surface area contributed by atoms with Crippen molar-refractivity contribution in [2.24, 2.45) is 7.05 Å². The molecule has 0 bridgehead atoms. The first-order chi connectivity index (χ1) is 7.16. The van der Waals surface area contributed by atoms with E-state index in [1.807, 2.05) is 19.1 Å².